The van der Waals surface area contributed by atoms with Crippen molar-refractivity contribution >= 4 is 17.6 Å². The Bertz CT molecular complexity index is 1110. The van der Waals surface area contributed by atoms with Gasteiger partial charge in [0.15, 0.2) is 11.5 Å². The van der Waals surface area contributed by atoms with Gasteiger partial charge in [0.25, 0.3) is 0 Å². The maximum Gasteiger partial charge on any atom is 0.407 e. The molecule has 11 heteroatoms. The van der Waals surface area contributed by atoms with E-state index in [-0.39, 0.29) is 25.7 Å². The Hall–Kier alpha value is -3.54. The number of hydrogen-bond donors (Lipinski definition) is 4. The zero-order valence-corrected chi connectivity index (χ0v) is 19.9. The van der Waals surface area contributed by atoms with Gasteiger partial charge in [0.2, 0.25) is 5.91 Å². The number of carbonyl (C=O) groups excluding carboxylic acids is 2. The van der Waals surface area contributed by atoms with Crippen molar-refractivity contribution in [3.05, 3.63) is 65.6 Å². The fraction of sp³-hybridized carbons (Fsp3) is 0.417. The highest BCUT2D eigenvalue weighted by Crippen LogP contribution is 2.17. The van der Waals surface area contributed by atoms with Gasteiger partial charge in [0.05, 0.1) is 18.8 Å². The van der Waals surface area contributed by atoms with Crippen LogP contribution in [-0.2, 0) is 27.5 Å². The smallest absolute Gasteiger partial charge is 0.407 e. The van der Waals surface area contributed by atoms with Crippen LogP contribution in [0.25, 0.3) is 5.65 Å². The van der Waals surface area contributed by atoms with E-state index in [4.69, 9.17) is 20.3 Å². The first-order valence-corrected chi connectivity index (χ1v) is 11.3. The van der Waals surface area contributed by atoms with Crippen LogP contribution in [0.1, 0.15) is 43.3 Å². The highest BCUT2D eigenvalue weighted by molar-refractivity contribution is 5.85. The molecule has 0 unspecified atom stereocenters. The second kappa shape index (κ2) is 12.2. The molecule has 188 valence electrons. The van der Waals surface area contributed by atoms with Gasteiger partial charge >= 0.3 is 6.09 Å². The molecule has 0 aliphatic heterocycles. The van der Waals surface area contributed by atoms with Crippen LogP contribution in [0.5, 0.6) is 0 Å². The van der Waals surface area contributed by atoms with Crippen molar-refractivity contribution in [2.24, 2.45) is 5.73 Å². The van der Waals surface area contributed by atoms with Crippen LogP contribution in [-0.4, -0.2) is 57.0 Å². The summed E-state index contributed by atoms with van der Waals surface area (Å²) in [6, 6.07) is 12.6. The van der Waals surface area contributed by atoms with E-state index >= 15 is 0 Å². The van der Waals surface area contributed by atoms with Crippen molar-refractivity contribution in [2.75, 3.05) is 19.8 Å². The van der Waals surface area contributed by atoms with Crippen LogP contribution in [0.3, 0.4) is 0 Å². The summed E-state index contributed by atoms with van der Waals surface area (Å²) in [5.74, 6) is 0.139. The summed E-state index contributed by atoms with van der Waals surface area (Å²) in [6.45, 7) is 4.16. The first kappa shape index (κ1) is 26.1. The molecular formula is C24H32N6O5. The molecule has 0 spiro atoms. The Labute approximate surface area is 203 Å². The van der Waals surface area contributed by atoms with E-state index in [9.17, 15) is 9.59 Å². The fourth-order valence-corrected chi connectivity index (χ4v) is 3.14. The normalized spacial score (nSPS) is 12.3. The van der Waals surface area contributed by atoms with E-state index < -0.39 is 17.7 Å². The Balaban J connectivity index is 1.71. The van der Waals surface area contributed by atoms with Gasteiger partial charge in [-0.15, -0.1) is 10.2 Å². The number of benzene rings is 1. The Morgan fingerprint density at radius 2 is 1.91 bits per heavy atom. The van der Waals surface area contributed by atoms with E-state index in [1.54, 1.807) is 36.6 Å². The summed E-state index contributed by atoms with van der Waals surface area (Å²) >= 11 is 0. The van der Waals surface area contributed by atoms with E-state index in [1.165, 1.54) is 0 Å². The number of nitrogens with one attached hydrogen (secondary N) is 2. The zero-order chi connectivity index (χ0) is 25.3. The summed E-state index contributed by atoms with van der Waals surface area (Å²) in [6.07, 6.45) is 1.64. The van der Waals surface area contributed by atoms with Gasteiger partial charge in [-0.1, -0.05) is 30.3 Å². The van der Waals surface area contributed by atoms with Crippen LogP contribution in [0, 0.1) is 0 Å². The molecule has 0 saturated carbocycles. The molecule has 0 radical (unpaired) electrons. The number of nitrogens with zero attached hydrogens (tertiary/aromatic N) is 3. The van der Waals surface area contributed by atoms with Gasteiger partial charge in [-0.2, -0.15) is 0 Å². The molecular weight excluding hydrogens is 452 g/mol. The second-order valence-electron chi connectivity index (χ2n) is 8.65. The van der Waals surface area contributed by atoms with E-state index in [1.807, 2.05) is 30.3 Å². The first-order valence-electron chi connectivity index (χ1n) is 11.3. The SMILES string of the molecule is CC(C)(N)C(=O)N[C@H](COCc1ccccc1)c1nnc2cc(COC(=O)NCCCO)ccn12. The second-order valence-corrected chi connectivity index (χ2v) is 8.65. The van der Waals surface area contributed by atoms with Crippen molar-refractivity contribution in [3.63, 3.8) is 0 Å². The van der Waals surface area contributed by atoms with Crippen LogP contribution < -0.4 is 16.4 Å². The van der Waals surface area contributed by atoms with Gasteiger partial charge in [0, 0.05) is 19.3 Å². The third-order valence-corrected chi connectivity index (χ3v) is 5.07. The Kier molecular flexibility index (Phi) is 9.12. The Morgan fingerprint density at radius 3 is 2.63 bits per heavy atom. The number of amides is 2. The third kappa shape index (κ3) is 7.74. The van der Waals surface area contributed by atoms with E-state index in [0.29, 0.717) is 31.0 Å². The van der Waals surface area contributed by atoms with Crippen molar-refractivity contribution in [1.82, 2.24) is 25.2 Å². The summed E-state index contributed by atoms with van der Waals surface area (Å²) in [5.41, 5.74) is 7.14. The number of carbonyl (C=O) groups is 2. The molecule has 0 saturated heterocycles. The van der Waals surface area contributed by atoms with Gasteiger partial charge in [0.1, 0.15) is 12.6 Å². The number of pyridine rings is 1. The van der Waals surface area contributed by atoms with Crippen molar-refractivity contribution in [2.45, 2.75) is 45.1 Å². The highest BCUT2D eigenvalue weighted by Gasteiger charge is 2.28. The molecule has 1 aromatic carbocycles. The largest absolute Gasteiger partial charge is 0.445 e. The molecule has 0 fully saturated rings. The van der Waals surface area contributed by atoms with Crippen LogP contribution in [0.4, 0.5) is 4.79 Å². The van der Waals surface area contributed by atoms with Crippen LogP contribution in [0.2, 0.25) is 0 Å². The molecule has 1 atom stereocenters. The number of ether oxygens (including phenoxy) is 2. The molecule has 2 amide bonds. The lowest BCUT2D eigenvalue weighted by Gasteiger charge is -2.23. The maximum atomic E-state index is 12.6. The maximum absolute atomic E-state index is 12.6. The number of fused-ring (bicyclic) bond motifs is 1. The number of rotatable bonds is 12. The summed E-state index contributed by atoms with van der Waals surface area (Å²) in [5, 5.41) is 22.7. The van der Waals surface area contributed by atoms with Crippen molar-refractivity contribution in [1.29, 1.82) is 0 Å². The predicted octanol–water partition coefficient (Wildman–Crippen LogP) is 1.45. The lowest BCUT2D eigenvalue weighted by Crippen LogP contribution is -2.50. The topological polar surface area (TPSA) is 153 Å². The minimum Gasteiger partial charge on any atom is -0.445 e. The van der Waals surface area contributed by atoms with Gasteiger partial charge < -0.3 is 30.9 Å². The molecule has 2 aromatic heterocycles. The molecule has 3 rings (SSSR count). The number of nitrogens with two attached hydrogens (primary N) is 1. The number of aliphatic hydroxyl groups excluding tert-OH is 1. The minimum atomic E-state index is -1.08. The fourth-order valence-electron chi connectivity index (χ4n) is 3.14. The molecule has 0 aliphatic rings. The number of alkyl carbamates (subject to hydrolysis) is 1. The van der Waals surface area contributed by atoms with Gasteiger partial charge in [-0.25, -0.2) is 4.79 Å². The molecule has 0 bridgehead atoms. The van der Waals surface area contributed by atoms with E-state index in [0.717, 1.165) is 11.1 Å². The van der Waals surface area contributed by atoms with Gasteiger partial charge in [-0.3, -0.25) is 9.20 Å². The van der Waals surface area contributed by atoms with Crippen molar-refractivity contribution < 1.29 is 24.2 Å². The number of aliphatic hydroxyl groups is 1. The molecule has 3 aromatic rings. The lowest BCUT2D eigenvalue weighted by atomic mass is 10.1. The van der Waals surface area contributed by atoms with Gasteiger partial charge in [-0.05, 0) is 43.5 Å². The predicted molar refractivity (Wildman–Crippen MR) is 128 cm³/mol. The zero-order valence-electron chi connectivity index (χ0n) is 19.9. The average molecular weight is 485 g/mol. The summed E-state index contributed by atoms with van der Waals surface area (Å²) < 4.78 is 12.8. The summed E-state index contributed by atoms with van der Waals surface area (Å²) in [7, 11) is 0. The molecule has 0 aliphatic carbocycles. The molecule has 5 N–H and O–H groups in total. The quantitative estimate of drug-likeness (QED) is 0.282. The minimum absolute atomic E-state index is 0.00627. The number of hydrogen-bond acceptors (Lipinski definition) is 8. The molecule has 11 nitrogen and oxygen atoms in total. The monoisotopic (exact) mass is 484 g/mol. The third-order valence-electron chi connectivity index (χ3n) is 5.07. The molecule has 35 heavy (non-hydrogen) atoms. The van der Waals surface area contributed by atoms with Crippen LogP contribution in [0.15, 0.2) is 48.7 Å². The average Bonchev–Trinajstić information content (AvgIpc) is 3.25. The highest BCUT2D eigenvalue weighted by atomic mass is 16.5. The summed E-state index contributed by atoms with van der Waals surface area (Å²) in [4.78, 5) is 24.3. The van der Waals surface area contributed by atoms with Crippen LogP contribution >= 0.6 is 0 Å². The Morgan fingerprint density at radius 1 is 1.14 bits per heavy atom. The standard InChI is InChI=1S/C24H32N6O5/c1-24(2,25)22(32)27-19(16-34-14-17-7-4-3-5-8-17)21-29-28-20-13-18(9-11-30(20)21)15-35-23(33)26-10-6-12-31/h3-5,7-9,11,13,19,31H,6,10,12,14-16,25H2,1-2H3,(H,26,33)(H,27,32)/t19-/m1/s1. The van der Waals surface area contributed by atoms with E-state index in [2.05, 4.69) is 20.8 Å². The first-order chi connectivity index (χ1) is 16.8. The molecule has 2 heterocycles. The van der Waals surface area contributed by atoms with Crippen molar-refractivity contribution in [3.8, 4) is 0 Å². The number of aromatic nitrogens is 3. The lowest BCUT2D eigenvalue weighted by molar-refractivity contribution is -0.126.